The van der Waals surface area contributed by atoms with Crippen LogP contribution in [0.4, 0.5) is 0 Å². The Balaban J connectivity index is 1.96. The number of hydrogen-bond acceptors (Lipinski definition) is 10. The smallest absolute Gasteiger partial charge is 0.225 e. The molecule has 1 saturated carbocycles. The Morgan fingerprint density at radius 3 is 1.90 bits per heavy atom. The molecule has 2 rings (SSSR count). The third-order valence-corrected chi connectivity index (χ3v) is 3.69. The molecule has 0 aromatic heterocycles. The van der Waals surface area contributed by atoms with E-state index in [2.05, 4.69) is 15.0 Å². The van der Waals surface area contributed by atoms with Crippen LogP contribution in [0.25, 0.3) is 0 Å². The Morgan fingerprint density at radius 2 is 1.48 bits per heavy atom. The van der Waals surface area contributed by atoms with Gasteiger partial charge in [0.1, 0.15) is 12.2 Å². The average molecular weight is 308 g/mol. The van der Waals surface area contributed by atoms with Crippen molar-refractivity contribution >= 4 is 5.91 Å². The highest BCUT2D eigenvalue weighted by molar-refractivity contribution is 5.79. The molecule has 1 saturated heterocycles. The fourth-order valence-corrected chi connectivity index (χ4v) is 2.77. The van der Waals surface area contributed by atoms with E-state index in [9.17, 15) is 4.79 Å². The zero-order valence-corrected chi connectivity index (χ0v) is 11.3. The molecule has 1 amide bonds. The van der Waals surface area contributed by atoms with Crippen LogP contribution in [-0.4, -0.2) is 80.8 Å². The Hall–Kier alpha value is -0.890. The number of rotatable bonds is 5. The van der Waals surface area contributed by atoms with Gasteiger partial charge in [-0.25, -0.2) is 9.68 Å². The SMILES string of the molecule is O=C(C1CC(ON(O)O)C(ON(O)O)C1)N1CCNCC1. The van der Waals surface area contributed by atoms with Crippen LogP contribution in [0.2, 0.25) is 0 Å². The summed E-state index contributed by atoms with van der Waals surface area (Å²) in [5.41, 5.74) is 0. The number of nitrogens with zero attached hydrogens (tertiary/aromatic N) is 3. The van der Waals surface area contributed by atoms with Crippen molar-refractivity contribution in [3.05, 3.63) is 0 Å². The van der Waals surface area contributed by atoms with Crippen LogP contribution in [0.5, 0.6) is 0 Å². The van der Waals surface area contributed by atoms with Crippen LogP contribution in [0.1, 0.15) is 12.8 Å². The van der Waals surface area contributed by atoms with Gasteiger partial charge in [-0.3, -0.25) is 25.6 Å². The molecule has 0 bridgehead atoms. The summed E-state index contributed by atoms with van der Waals surface area (Å²) in [6.45, 7) is 2.65. The molecular weight excluding hydrogens is 288 g/mol. The van der Waals surface area contributed by atoms with E-state index in [1.54, 1.807) is 4.90 Å². The van der Waals surface area contributed by atoms with Gasteiger partial charge >= 0.3 is 0 Å². The van der Waals surface area contributed by atoms with Crippen molar-refractivity contribution in [1.29, 1.82) is 0 Å². The van der Waals surface area contributed by atoms with Gasteiger partial charge in [-0.15, -0.1) is 0 Å². The highest BCUT2D eigenvalue weighted by atomic mass is 17.1. The second-order valence-electron chi connectivity index (χ2n) is 5.04. The second kappa shape index (κ2) is 7.40. The lowest BCUT2D eigenvalue weighted by atomic mass is 10.1. The molecule has 2 fully saturated rings. The van der Waals surface area contributed by atoms with Crippen molar-refractivity contribution < 1.29 is 35.3 Å². The van der Waals surface area contributed by atoms with E-state index < -0.39 is 28.9 Å². The molecule has 1 aliphatic carbocycles. The maximum absolute atomic E-state index is 12.4. The van der Waals surface area contributed by atoms with Crippen molar-refractivity contribution in [2.75, 3.05) is 26.2 Å². The first-order valence-corrected chi connectivity index (χ1v) is 6.66. The van der Waals surface area contributed by atoms with Crippen molar-refractivity contribution in [1.82, 2.24) is 21.0 Å². The number of carbonyl (C=O) groups is 1. The standard InChI is InChI=1S/C10H20N4O7/c15-10(12-3-1-11-2-4-12)7-5-8(20-13(16)17)9(6-7)21-14(18)19/h7-9,11,16-19H,1-6H2. The van der Waals surface area contributed by atoms with Gasteiger partial charge in [0.25, 0.3) is 0 Å². The number of nitrogens with one attached hydrogen (secondary N) is 1. The van der Waals surface area contributed by atoms with Crippen molar-refractivity contribution in [2.24, 2.45) is 5.92 Å². The summed E-state index contributed by atoms with van der Waals surface area (Å²) in [5.74, 6) is -0.529. The number of piperazine rings is 1. The highest BCUT2D eigenvalue weighted by Crippen LogP contribution is 2.32. The lowest BCUT2D eigenvalue weighted by Gasteiger charge is -2.29. The van der Waals surface area contributed by atoms with Crippen LogP contribution in [-0.2, 0) is 14.5 Å². The second-order valence-corrected chi connectivity index (χ2v) is 5.04. The van der Waals surface area contributed by atoms with Crippen LogP contribution in [0, 0.1) is 5.92 Å². The fourth-order valence-electron chi connectivity index (χ4n) is 2.77. The quantitative estimate of drug-likeness (QED) is 0.385. The maximum atomic E-state index is 12.4. The summed E-state index contributed by atoms with van der Waals surface area (Å²) in [6, 6.07) is 0. The molecule has 0 spiro atoms. The Kier molecular flexibility index (Phi) is 5.80. The molecule has 2 unspecified atom stereocenters. The van der Waals surface area contributed by atoms with Gasteiger partial charge in [0.05, 0.1) is 10.8 Å². The zero-order chi connectivity index (χ0) is 15.4. The first kappa shape index (κ1) is 16.5. The molecule has 5 N–H and O–H groups in total. The number of carbonyl (C=O) groups excluding carboxylic acids is 1. The summed E-state index contributed by atoms with van der Waals surface area (Å²) >= 11 is 0. The van der Waals surface area contributed by atoms with Gasteiger partial charge in [-0.2, -0.15) is 0 Å². The van der Waals surface area contributed by atoms with Crippen LogP contribution < -0.4 is 5.32 Å². The fraction of sp³-hybridized carbons (Fsp3) is 0.900. The maximum Gasteiger partial charge on any atom is 0.225 e. The molecule has 0 aromatic rings. The van der Waals surface area contributed by atoms with Crippen molar-refractivity contribution in [3.63, 3.8) is 0 Å². The summed E-state index contributed by atoms with van der Waals surface area (Å²) in [4.78, 5) is 23.4. The summed E-state index contributed by atoms with van der Waals surface area (Å²) in [6.07, 6.45) is -1.42. The predicted octanol–water partition coefficient (Wildman–Crippen LogP) is -1.41. The van der Waals surface area contributed by atoms with E-state index in [1.807, 2.05) is 0 Å². The molecule has 1 heterocycles. The van der Waals surface area contributed by atoms with E-state index in [4.69, 9.17) is 20.8 Å². The van der Waals surface area contributed by atoms with Gasteiger partial charge in [0.2, 0.25) is 5.91 Å². The molecule has 1 aliphatic heterocycles. The first-order chi connectivity index (χ1) is 9.97. The Morgan fingerprint density at radius 1 is 1.00 bits per heavy atom. The van der Waals surface area contributed by atoms with Crippen LogP contribution >= 0.6 is 0 Å². The Labute approximate surface area is 120 Å². The van der Waals surface area contributed by atoms with Gasteiger partial charge in [0, 0.05) is 32.1 Å². The summed E-state index contributed by atoms with van der Waals surface area (Å²) < 4.78 is 0. The molecule has 11 nitrogen and oxygen atoms in total. The molecular formula is C10H20N4O7. The molecule has 21 heavy (non-hydrogen) atoms. The zero-order valence-electron chi connectivity index (χ0n) is 11.3. The largest absolute Gasteiger partial charge is 0.340 e. The minimum Gasteiger partial charge on any atom is -0.340 e. The van der Waals surface area contributed by atoms with Crippen LogP contribution in [0.3, 0.4) is 0 Å². The lowest BCUT2D eigenvalue weighted by molar-refractivity contribution is -0.535. The molecule has 0 radical (unpaired) electrons. The average Bonchev–Trinajstić information content (AvgIpc) is 2.80. The van der Waals surface area contributed by atoms with Crippen molar-refractivity contribution in [2.45, 2.75) is 25.0 Å². The van der Waals surface area contributed by atoms with Gasteiger partial charge in [-0.1, -0.05) is 0 Å². The normalized spacial score (nSPS) is 30.4. The first-order valence-electron chi connectivity index (χ1n) is 6.66. The van der Waals surface area contributed by atoms with Crippen molar-refractivity contribution in [3.8, 4) is 0 Å². The molecule has 2 atom stereocenters. The minimum atomic E-state index is -0.890. The number of amides is 1. The monoisotopic (exact) mass is 308 g/mol. The highest BCUT2D eigenvalue weighted by Gasteiger charge is 2.43. The van der Waals surface area contributed by atoms with Gasteiger partial charge in [-0.05, 0) is 12.8 Å². The summed E-state index contributed by atoms with van der Waals surface area (Å²) in [7, 11) is 0. The van der Waals surface area contributed by atoms with Gasteiger partial charge in [0.15, 0.2) is 0 Å². The third kappa shape index (κ3) is 4.54. The molecule has 11 heteroatoms. The summed E-state index contributed by atoms with van der Waals surface area (Å²) in [5, 5.41) is 37.0. The third-order valence-electron chi connectivity index (χ3n) is 3.69. The van der Waals surface area contributed by atoms with E-state index in [-0.39, 0.29) is 18.7 Å². The number of hydrogen-bond donors (Lipinski definition) is 5. The topological polar surface area (TPSA) is 138 Å². The Bertz CT molecular complexity index is 332. The van der Waals surface area contributed by atoms with E-state index in [1.165, 1.54) is 0 Å². The minimum absolute atomic E-state index is 0.0824. The van der Waals surface area contributed by atoms with E-state index in [0.717, 1.165) is 13.1 Å². The van der Waals surface area contributed by atoms with E-state index in [0.29, 0.717) is 13.1 Å². The molecule has 122 valence electrons. The van der Waals surface area contributed by atoms with Crippen LogP contribution in [0.15, 0.2) is 0 Å². The van der Waals surface area contributed by atoms with E-state index >= 15 is 0 Å². The molecule has 0 aromatic carbocycles. The lowest BCUT2D eigenvalue weighted by Crippen LogP contribution is -2.48. The van der Waals surface area contributed by atoms with Gasteiger partial charge < -0.3 is 10.2 Å². The molecule has 2 aliphatic rings. The predicted molar refractivity (Wildman–Crippen MR) is 62.7 cm³/mol.